The number of anilines is 2. The minimum Gasteiger partial charge on any atom is -0.508 e. The highest BCUT2D eigenvalue weighted by atomic mass is 16.3. The van der Waals surface area contributed by atoms with Gasteiger partial charge in [-0.3, -0.25) is 24.6 Å². The number of amides is 3. The number of fused-ring (bicyclic) bond motifs is 2. The van der Waals surface area contributed by atoms with Crippen molar-refractivity contribution in [2.45, 2.75) is 63.5 Å². The highest BCUT2D eigenvalue weighted by molar-refractivity contribution is 6.05. The number of benzene rings is 3. The Bertz CT molecular complexity index is 1970. The molecule has 6 aliphatic rings. The third kappa shape index (κ3) is 6.83. The Morgan fingerprint density at radius 2 is 1.52 bits per heavy atom. The van der Waals surface area contributed by atoms with Crippen molar-refractivity contribution in [1.82, 2.24) is 15.1 Å². The summed E-state index contributed by atoms with van der Waals surface area (Å²) < 4.78 is 0. The summed E-state index contributed by atoms with van der Waals surface area (Å²) in [5.74, 6) is 1.72. The van der Waals surface area contributed by atoms with Crippen LogP contribution in [0.3, 0.4) is 0 Å². The topological polar surface area (TPSA) is 96.4 Å². The van der Waals surface area contributed by atoms with Crippen molar-refractivity contribution in [1.29, 1.82) is 0 Å². The van der Waals surface area contributed by atoms with Crippen LogP contribution in [0, 0.1) is 17.8 Å². The minimum absolute atomic E-state index is 0.119. The van der Waals surface area contributed by atoms with E-state index in [0.717, 1.165) is 76.3 Å². The summed E-state index contributed by atoms with van der Waals surface area (Å²) in [5.41, 5.74) is 8.14. The van der Waals surface area contributed by atoms with E-state index in [1.54, 1.807) is 4.90 Å². The number of aryl methyl sites for hydroxylation is 1. The van der Waals surface area contributed by atoms with E-state index in [9.17, 15) is 19.5 Å². The van der Waals surface area contributed by atoms with Gasteiger partial charge in [0.2, 0.25) is 11.8 Å². The van der Waals surface area contributed by atoms with Crippen LogP contribution in [-0.2, 0) is 22.6 Å². The number of carbonyl (C=O) groups excluding carboxylic acids is 3. The van der Waals surface area contributed by atoms with Crippen LogP contribution in [0.25, 0.3) is 0 Å². The average molecular weight is 726 g/mol. The van der Waals surface area contributed by atoms with E-state index in [0.29, 0.717) is 48.0 Å². The molecule has 0 spiro atoms. The van der Waals surface area contributed by atoms with Gasteiger partial charge in [-0.15, -0.1) is 0 Å². The first-order chi connectivity index (χ1) is 26.4. The van der Waals surface area contributed by atoms with Gasteiger partial charge >= 0.3 is 0 Å². The van der Waals surface area contributed by atoms with E-state index in [2.05, 4.69) is 80.7 Å². The van der Waals surface area contributed by atoms with E-state index < -0.39 is 6.04 Å². The number of nitrogens with one attached hydrogen (secondary N) is 1. The molecule has 2 aliphatic carbocycles. The Labute approximate surface area is 318 Å². The maximum absolute atomic E-state index is 13.2. The third-order valence-electron chi connectivity index (χ3n) is 13.2. The fraction of sp³-hybridized carbons (Fsp3) is 0.444. The second kappa shape index (κ2) is 14.7. The molecule has 3 aromatic rings. The van der Waals surface area contributed by atoms with Crippen molar-refractivity contribution in [3.8, 4) is 5.75 Å². The van der Waals surface area contributed by atoms with Crippen molar-refractivity contribution >= 4 is 29.1 Å². The normalized spacial score (nSPS) is 26.2. The highest BCUT2D eigenvalue weighted by Gasteiger charge is 2.40. The van der Waals surface area contributed by atoms with Gasteiger partial charge in [0, 0.05) is 81.6 Å². The predicted molar refractivity (Wildman–Crippen MR) is 211 cm³/mol. The van der Waals surface area contributed by atoms with Crippen LogP contribution in [0.4, 0.5) is 11.4 Å². The first-order valence-corrected chi connectivity index (χ1v) is 20.1. The van der Waals surface area contributed by atoms with Crippen LogP contribution in [-0.4, -0.2) is 84.5 Å². The first kappa shape index (κ1) is 34.9. The zero-order chi connectivity index (χ0) is 36.8. The molecule has 0 radical (unpaired) electrons. The summed E-state index contributed by atoms with van der Waals surface area (Å²) in [6, 6.07) is 20.9. The lowest BCUT2D eigenvalue weighted by Crippen LogP contribution is -2.52. The molecule has 280 valence electrons. The fourth-order valence-corrected chi connectivity index (χ4v) is 10.2. The molecule has 54 heavy (non-hydrogen) atoms. The number of hydrogen-bond donors (Lipinski definition) is 2. The smallest absolute Gasteiger partial charge is 0.255 e. The Hall–Kier alpha value is -4.89. The van der Waals surface area contributed by atoms with E-state index >= 15 is 0 Å². The average Bonchev–Trinajstić information content (AvgIpc) is 3.53. The van der Waals surface area contributed by atoms with Gasteiger partial charge in [-0.1, -0.05) is 42.5 Å². The number of piperidine rings is 2. The zero-order valence-electron chi connectivity index (χ0n) is 31.0. The monoisotopic (exact) mass is 725 g/mol. The third-order valence-corrected chi connectivity index (χ3v) is 13.2. The summed E-state index contributed by atoms with van der Waals surface area (Å²) in [6.07, 6.45) is 15.4. The largest absolute Gasteiger partial charge is 0.508 e. The number of phenols is 1. The molecule has 4 heterocycles. The molecule has 3 saturated heterocycles. The molecule has 4 atom stereocenters. The number of nitrogens with zero attached hydrogens (tertiary/aromatic N) is 4. The van der Waals surface area contributed by atoms with Gasteiger partial charge in [0.1, 0.15) is 11.8 Å². The Morgan fingerprint density at radius 3 is 2.28 bits per heavy atom. The van der Waals surface area contributed by atoms with Crippen molar-refractivity contribution in [3.63, 3.8) is 0 Å². The van der Waals surface area contributed by atoms with Gasteiger partial charge in [-0.2, -0.15) is 0 Å². The number of allylic oxidation sites excluding steroid dienone is 4. The van der Waals surface area contributed by atoms with Gasteiger partial charge in [-0.05, 0) is 121 Å². The summed E-state index contributed by atoms with van der Waals surface area (Å²) in [4.78, 5) is 46.5. The molecule has 4 aliphatic heterocycles. The van der Waals surface area contributed by atoms with E-state index in [4.69, 9.17) is 0 Å². The molecule has 3 aromatic carbocycles. The van der Waals surface area contributed by atoms with Gasteiger partial charge in [0.25, 0.3) is 5.91 Å². The fourth-order valence-electron chi connectivity index (χ4n) is 10.2. The molecule has 0 saturated carbocycles. The number of phenolic OH excluding ortho intramolecular Hbond substituents is 1. The molecule has 9 rings (SSSR count). The highest BCUT2D eigenvalue weighted by Crippen LogP contribution is 2.47. The molecule has 2 unspecified atom stereocenters. The lowest BCUT2D eigenvalue weighted by Gasteiger charge is -2.40. The summed E-state index contributed by atoms with van der Waals surface area (Å²) in [5, 5.41) is 12.6. The lowest BCUT2D eigenvalue weighted by atomic mass is 9.66. The van der Waals surface area contributed by atoms with Crippen LogP contribution in [0.2, 0.25) is 0 Å². The Morgan fingerprint density at radius 1 is 0.741 bits per heavy atom. The number of aromatic hydroxyl groups is 1. The first-order valence-electron chi connectivity index (χ1n) is 20.1. The van der Waals surface area contributed by atoms with Crippen molar-refractivity contribution in [3.05, 3.63) is 113 Å². The van der Waals surface area contributed by atoms with Crippen LogP contribution in [0.15, 0.2) is 85.0 Å². The SMILES string of the molecule is O=C1CCC(N2Cc3cc(N4CCN(CC5CCN(c6ccc([C@@H]7c8ccc(O)cc8CC[C@@H]7C7C=CC=CC7)cc6)CC5)CC4)ccc3C2=O)C(=O)N1. The van der Waals surface area contributed by atoms with Gasteiger partial charge in [0.15, 0.2) is 0 Å². The predicted octanol–water partition coefficient (Wildman–Crippen LogP) is 6.02. The molecule has 2 N–H and O–H groups in total. The number of piperazine rings is 1. The van der Waals surface area contributed by atoms with Crippen molar-refractivity contribution in [2.75, 3.05) is 55.6 Å². The Kier molecular flexibility index (Phi) is 9.51. The Balaban J connectivity index is 0.775. The standard InChI is InChI=1S/C45H51N5O4/c51-37-12-15-39-33(27-37)8-13-38(31-4-2-1-3-5-31)43(39)32-6-9-35(10-7-32)48-20-18-30(19-21-48)28-47-22-24-49(25-23-47)36-11-14-40-34(26-36)29-50(45(40)54)41-16-17-42(52)46-44(41)53/h1-4,6-7,9-12,14-15,26-27,30-31,38,41,43,51H,5,8,13,16-25,28-29H2,(H,46,52,53)/t31?,38-,41?,43+/m1/s1. The maximum atomic E-state index is 13.2. The summed E-state index contributed by atoms with van der Waals surface area (Å²) in [6.45, 7) is 7.68. The molecule has 9 nitrogen and oxygen atoms in total. The van der Waals surface area contributed by atoms with Crippen molar-refractivity contribution < 1.29 is 19.5 Å². The molecule has 3 fully saturated rings. The van der Waals surface area contributed by atoms with Gasteiger partial charge in [0.05, 0.1) is 0 Å². The lowest BCUT2D eigenvalue weighted by molar-refractivity contribution is -0.136. The number of hydrogen-bond acceptors (Lipinski definition) is 7. The summed E-state index contributed by atoms with van der Waals surface area (Å²) >= 11 is 0. The van der Waals surface area contributed by atoms with Crippen molar-refractivity contribution in [2.24, 2.45) is 17.8 Å². The van der Waals surface area contributed by atoms with Gasteiger partial charge < -0.3 is 19.8 Å². The second-order valence-electron chi connectivity index (χ2n) is 16.3. The van der Waals surface area contributed by atoms with Gasteiger partial charge in [-0.25, -0.2) is 0 Å². The minimum atomic E-state index is -0.584. The molecular formula is C45H51N5O4. The summed E-state index contributed by atoms with van der Waals surface area (Å²) in [7, 11) is 0. The van der Waals surface area contributed by atoms with Crippen LogP contribution < -0.4 is 15.1 Å². The van der Waals surface area contributed by atoms with E-state index in [1.807, 2.05) is 24.3 Å². The van der Waals surface area contributed by atoms with E-state index in [-0.39, 0.29) is 24.1 Å². The van der Waals surface area contributed by atoms with Crippen LogP contribution >= 0.6 is 0 Å². The molecule has 9 heteroatoms. The number of imide groups is 1. The van der Waals surface area contributed by atoms with Crippen LogP contribution in [0.1, 0.15) is 77.1 Å². The molecule has 0 aromatic heterocycles. The zero-order valence-corrected chi connectivity index (χ0v) is 31.0. The molecule has 3 amide bonds. The second-order valence-corrected chi connectivity index (χ2v) is 16.3. The number of rotatable bonds is 7. The quantitative estimate of drug-likeness (QED) is 0.288. The molecule has 0 bridgehead atoms. The van der Waals surface area contributed by atoms with E-state index in [1.165, 1.54) is 35.2 Å². The molecular weight excluding hydrogens is 675 g/mol. The maximum Gasteiger partial charge on any atom is 0.255 e. The number of carbonyl (C=O) groups is 3. The van der Waals surface area contributed by atoms with Crippen LogP contribution in [0.5, 0.6) is 5.75 Å².